The van der Waals surface area contributed by atoms with Crippen molar-refractivity contribution in [2.45, 2.75) is 18.9 Å². The van der Waals surface area contributed by atoms with Gasteiger partial charge in [0.05, 0.1) is 24.6 Å². The number of carbonyl (C=O) groups is 3. The summed E-state index contributed by atoms with van der Waals surface area (Å²) < 4.78 is 5.38. The zero-order valence-electron chi connectivity index (χ0n) is 18.2. The molecule has 32 heavy (non-hydrogen) atoms. The van der Waals surface area contributed by atoms with Gasteiger partial charge in [-0.15, -0.1) is 11.3 Å². The van der Waals surface area contributed by atoms with Gasteiger partial charge in [0.1, 0.15) is 6.04 Å². The maximum Gasteiger partial charge on any atom is 0.264 e. The van der Waals surface area contributed by atoms with Crippen molar-refractivity contribution >= 4 is 40.4 Å². The molecule has 1 atom stereocenters. The fourth-order valence-electron chi connectivity index (χ4n) is 4.13. The fourth-order valence-corrected chi connectivity index (χ4v) is 4.81. The monoisotopic (exact) mass is 456 g/mol. The van der Waals surface area contributed by atoms with Crippen molar-refractivity contribution in [3.63, 3.8) is 0 Å². The number of hydrogen-bond acceptors (Lipinski definition) is 6. The van der Waals surface area contributed by atoms with E-state index in [9.17, 15) is 14.4 Å². The van der Waals surface area contributed by atoms with Gasteiger partial charge < -0.3 is 24.8 Å². The number of benzene rings is 1. The van der Waals surface area contributed by atoms with Gasteiger partial charge in [0, 0.05) is 38.1 Å². The third kappa shape index (κ3) is 5.11. The molecule has 0 saturated carbocycles. The summed E-state index contributed by atoms with van der Waals surface area (Å²) in [7, 11) is 1.61. The van der Waals surface area contributed by atoms with Crippen molar-refractivity contribution in [3.8, 4) is 0 Å². The Morgan fingerprint density at radius 3 is 2.56 bits per heavy atom. The van der Waals surface area contributed by atoms with E-state index in [4.69, 9.17) is 4.74 Å². The Kier molecular flexibility index (Phi) is 7.06. The third-order valence-corrected chi connectivity index (χ3v) is 6.67. The highest BCUT2D eigenvalue weighted by Crippen LogP contribution is 2.24. The van der Waals surface area contributed by atoms with Gasteiger partial charge in [0.15, 0.2) is 0 Å². The van der Waals surface area contributed by atoms with E-state index < -0.39 is 6.04 Å². The molecule has 0 radical (unpaired) electrons. The molecule has 2 aliphatic rings. The first-order chi connectivity index (χ1) is 15.5. The van der Waals surface area contributed by atoms with Crippen LogP contribution in [0.2, 0.25) is 0 Å². The van der Waals surface area contributed by atoms with Gasteiger partial charge >= 0.3 is 0 Å². The number of amides is 3. The Morgan fingerprint density at radius 1 is 1.12 bits per heavy atom. The van der Waals surface area contributed by atoms with Crippen molar-refractivity contribution in [2.75, 3.05) is 56.7 Å². The Hall–Kier alpha value is -2.91. The fraction of sp³-hybridized carbons (Fsp3) is 0.435. The second kappa shape index (κ2) is 10.1. The number of likely N-dealkylation sites (tertiary alicyclic amines) is 1. The van der Waals surface area contributed by atoms with Crippen molar-refractivity contribution in [1.82, 2.24) is 9.80 Å². The first-order valence-electron chi connectivity index (χ1n) is 10.8. The Morgan fingerprint density at radius 2 is 1.88 bits per heavy atom. The van der Waals surface area contributed by atoms with E-state index in [1.807, 2.05) is 35.7 Å². The Balaban J connectivity index is 1.31. The maximum absolute atomic E-state index is 13.0. The van der Waals surface area contributed by atoms with Gasteiger partial charge in [-0.3, -0.25) is 14.4 Å². The number of likely N-dealkylation sites (N-methyl/N-ethyl adjacent to an activating group) is 1. The van der Waals surface area contributed by atoms with Gasteiger partial charge in [0.2, 0.25) is 11.8 Å². The van der Waals surface area contributed by atoms with Gasteiger partial charge in [-0.25, -0.2) is 0 Å². The molecule has 0 spiro atoms. The lowest BCUT2D eigenvalue weighted by atomic mass is 10.2. The van der Waals surface area contributed by atoms with E-state index in [0.29, 0.717) is 23.5 Å². The molecule has 2 saturated heterocycles. The number of nitrogens with zero attached hydrogens (tertiary/aromatic N) is 3. The van der Waals surface area contributed by atoms with Gasteiger partial charge in [-0.2, -0.15) is 0 Å². The highest BCUT2D eigenvalue weighted by Gasteiger charge is 2.36. The molecule has 1 N–H and O–H groups in total. The molecule has 4 rings (SSSR count). The third-order valence-electron chi connectivity index (χ3n) is 5.81. The maximum atomic E-state index is 13.0. The molecule has 170 valence electrons. The summed E-state index contributed by atoms with van der Waals surface area (Å²) in [5, 5.41) is 4.70. The topological polar surface area (TPSA) is 82.2 Å². The summed E-state index contributed by atoms with van der Waals surface area (Å²) in [5.41, 5.74) is 1.78. The minimum absolute atomic E-state index is 0.0679. The predicted molar refractivity (Wildman–Crippen MR) is 124 cm³/mol. The van der Waals surface area contributed by atoms with E-state index >= 15 is 0 Å². The molecule has 8 nitrogen and oxygen atoms in total. The van der Waals surface area contributed by atoms with Gasteiger partial charge in [0.25, 0.3) is 5.91 Å². The van der Waals surface area contributed by atoms with Crippen molar-refractivity contribution in [2.24, 2.45) is 0 Å². The second-order valence-electron chi connectivity index (χ2n) is 8.02. The van der Waals surface area contributed by atoms with Crippen LogP contribution < -0.4 is 10.2 Å². The molecule has 3 amide bonds. The quantitative estimate of drug-likeness (QED) is 0.721. The van der Waals surface area contributed by atoms with Crippen LogP contribution in [-0.4, -0.2) is 80.0 Å². The lowest BCUT2D eigenvalue weighted by Gasteiger charge is -2.29. The Labute approximate surface area is 191 Å². The molecular weight excluding hydrogens is 428 g/mol. The van der Waals surface area contributed by atoms with Crippen LogP contribution in [0.25, 0.3) is 0 Å². The number of morpholine rings is 1. The summed E-state index contributed by atoms with van der Waals surface area (Å²) in [5.74, 6) is -0.589. The molecule has 9 heteroatoms. The number of ether oxygens (including phenoxy) is 1. The standard InChI is InChI=1S/C23H28N4O4S/c1-25(22(29)19-4-2-10-27(19)23(30)20-5-3-15-32-20)16-21(28)24-17-6-8-18(9-7-17)26-11-13-31-14-12-26/h3,5-9,15,19H,2,4,10-14,16H2,1H3,(H,24,28). The van der Waals surface area contributed by atoms with Crippen LogP contribution in [0.15, 0.2) is 41.8 Å². The van der Waals surface area contributed by atoms with Crippen LogP contribution in [0, 0.1) is 0 Å². The van der Waals surface area contributed by atoms with Crippen LogP contribution in [0.1, 0.15) is 22.5 Å². The summed E-state index contributed by atoms with van der Waals surface area (Å²) in [4.78, 5) is 44.1. The summed E-state index contributed by atoms with van der Waals surface area (Å²) >= 11 is 1.37. The molecule has 2 aliphatic heterocycles. The Bertz CT molecular complexity index is 941. The normalized spacial score (nSPS) is 18.5. The van der Waals surface area contributed by atoms with E-state index in [1.54, 1.807) is 18.0 Å². The number of nitrogens with one attached hydrogen (secondary N) is 1. The highest BCUT2D eigenvalue weighted by atomic mass is 32.1. The molecule has 0 aliphatic carbocycles. The average molecular weight is 457 g/mol. The second-order valence-corrected chi connectivity index (χ2v) is 8.97. The molecule has 2 aromatic rings. The lowest BCUT2D eigenvalue weighted by Crippen LogP contribution is -2.48. The minimum Gasteiger partial charge on any atom is -0.378 e. The van der Waals surface area contributed by atoms with Crippen LogP contribution in [-0.2, 0) is 14.3 Å². The number of rotatable bonds is 6. The number of anilines is 2. The van der Waals surface area contributed by atoms with Crippen LogP contribution in [0.3, 0.4) is 0 Å². The van der Waals surface area contributed by atoms with Crippen LogP contribution in [0.5, 0.6) is 0 Å². The summed E-state index contributed by atoms with van der Waals surface area (Å²) in [6.45, 7) is 3.63. The smallest absolute Gasteiger partial charge is 0.264 e. The van der Waals surface area contributed by atoms with Crippen molar-refractivity contribution in [3.05, 3.63) is 46.7 Å². The average Bonchev–Trinajstić information content (AvgIpc) is 3.51. The number of hydrogen-bond donors (Lipinski definition) is 1. The van der Waals surface area contributed by atoms with E-state index in [0.717, 1.165) is 38.4 Å². The molecule has 3 heterocycles. The summed E-state index contributed by atoms with van der Waals surface area (Å²) in [6, 6.07) is 10.8. The van der Waals surface area contributed by atoms with Gasteiger partial charge in [-0.1, -0.05) is 6.07 Å². The lowest BCUT2D eigenvalue weighted by molar-refractivity contribution is -0.136. The molecule has 1 unspecified atom stereocenters. The molecule has 0 bridgehead atoms. The van der Waals surface area contributed by atoms with Gasteiger partial charge in [-0.05, 0) is 48.6 Å². The molecular formula is C23H28N4O4S. The minimum atomic E-state index is -0.518. The zero-order chi connectivity index (χ0) is 22.5. The van der Waals surface area contributed by atoms with Crippen molar-refractivity contribution < 1.29 is 19.1 Å². The molecule has 1 aromatic heterocycles. The number of carbonyl (C=O) groups excluding carboxylic acids is 3. The van der Waals surface area contributed by atoms with Crippen molar-refractivity contribution in [1.29, 1.82) is 0 Å². The van der Waals surface area contributed by atoms with Crippen LogP contribution >= 0.6 is 11.3 Å². The van der Waals surface area contributed by atoms with Crippen LogP contribution in [0.4, 0.5) is 11.4 Å². The first-order valence-corrected chi connectivity index (χ1v) is 11.7. The first kappa shape index (κ1) is 22.3. The number of thiophene rings is 1. The largest absolute Gasteiger partial charge is 0.378 e. The van der Waals surface area contributed by atoms with E-state index in [-0.39, 0.29) is 24.3 Å². The van der Waals surface area contributed by atoms with E-state index in [2.05, 4.69) is 10.2 Å². The molecule has 1 aromatic carbocycles. The zero-order valence-corrected chi connectivity index (χ0v) is 19.0. The molecule has 2 fully saturated rings. The summed E-state index contributed by atoms with van der Waals surface area (Å²) in [6.07, 6.45) is 1.40. The van der Waals surface area contributed by atoms with E-state index in [1.165, 1.54) is 16.2 Å². The highest BCUT2D eigenvalue weighted by molar-refractivity contribution is 7.12. The SMILES string of the molecule is CN(CC(=O)Nc1ccc(N2CCOCC2)cc1)C(=O)C1CCCN1C(=O)c1cccs1. The predicted octanol–water partition coefficient (Wildman–Crippen LogP) is 2.29.